The fraction of sp³-hybridized carbons (Fsp3) is 0.300. The molecule has 1 unspecified atom stereocenters. The number of urea groups is 1. The molecule has 30 heavy (non-hydrogen) atoms. The monoisotopic (exact) mass is 440 g/mol. The number of esters is 1. The number of rotatable bonds is 5. The maximum atomic E-state index is 12.8. The number of fused-ring (bicyclic) bond motifs is 1. The molecular weight excluding hydrogens is 421 g/mol. The van der Waals surface area contributed by atoms with Crippen LogP contribution in [0, 0.1) is 0 Å². The molecule has 2 amide bonds. The maximum absolute atomic E-state index is 12.8. The first-order valence-corrected chi connectivity index (χ1v) is 9.79. The van der Waals surface area contributed by atoms with Crippen LogP contribution >= 0.6 is 11.9 Å². The van der Waals surface area contributed by atoms with E-state index in [2.05, 4.69) is 0 Å². The van der Waals surface area contributed by atoms with E-state index < -0.39 is 29.8 Å². The molecule has 3 rings (SSSR count). The first-order chi connectivity index (χ1) is 14.1. The van der Waals surface area contributed by atoms with Gasteiger partial charge in [0, 0.05) is 13.1 Å². The highest BCUT2D eigenvalue weighted by atomic mass is 32.2. The molecule has 2 aromatic rings. The van der Waals surface area contributed by atoms with Crippen molar-refractivity contribution < 1.29 is 32.2 Å². The van der Waals surface area contributed by atoms with Crippen LogP contribution < -0.4 is 13.9 Å². The number of anilines is 2. The quantitative estimate of drug-likeness (QED) is 0.477. The van der Waals surface area contributed by atoms with E-state index in [1.165, 1.54) is 21.3 Å². The first kappa shape index (κ1) is 21.8. The highest BCUT2D eigenvalue weighted by Gasteiger charge is 2.33. The molecule has 160 valence electrons. The number of amides is 2. The third kappa shape index (κ3) is 4.48. The van der Waals surface area contributed by atoms with Gasteiger partial charge < -0.3 is 9.47 Å². The molecule has 0 spiro atoms. The van der Waals surface area contributed by atoms with Gasteiger partial charge in [-0.3, -0.25) is 4.90 Å². The molecule has 1 atom stereocenters. The van der Waals surface area contributed by atoms with Crippen molar-refractivity contribution in [2.24, 2.45) is 0 Å². The van der Waals surface area contributed by atoms with Crippen molar-refractivity contribution in [3.8, 4) is 5.75 Å². The Morgan fingerprint density at radius 2 is 1.83 bits per heavy atom. The third-order valence-corrected chi connectivity index (χ3v) is 5.39. The number of carbonyl (C=O) groups is 2. The normalized spacial score (nSPS) is 14.9. The molecule has 0 aromatic heterocycles. The summed E-state index contributed by atoms with van der Waals surface area (Å²) in [5.74, 6) is -0.111. The Labute approximate surface area is 175 Å². The molecule has 0 saturated heterocycles. The number of alkyl halides is 3. The van der Waals surface area contributed by atoms with Gasteiger partial charge in [-0.15, -0.1) is 0 Å². The molecule has 0 N–H and O–H groups in total. The second-order valence-electron chi connectivity index (χ2n) is 6.41. The standard InChI is InChI=1S/C20H19F3N2O4S/c1-4-28-18(26)12(2)29-15-9-10-17-16(11-15)24(3)19(27)25(30-17)14-7-5-13(6-8-14)20(21,22)23/h5-12H,4H2,1-3H3. The van der Waals surface area contributed by atoms with Crippen molar-refractivity contribution in [1.82, 2.24) is 0 Å². The SMILES string of the molecule is CCOC(=O)C(C)Oc1ccc2c(c1)N(C)C(=O)N(c1ccc(C(F)(F)F)cc1)S2. The van der Waals surface area contributed by atoms with Gasteiger partial charge in [0.15, 0.2) is 6.10 Å². The summed E-state index contributed by atoms with van der Waals surface area (Å²) in [7, 11) is 1.55. The summed E-state index contributed by atoms with van der Waals surface area (Å²) in [6.07, 6.45) is -5.26. The predicted octanol–water partition coefficient (Wildman–Crippen LogP) is 5.12. The molecular formula is C20H19F3N2O4S. The molecule has 1 aliphatic heterocycles. The fourth-order valence-electron chi connectivity index (χ4n) is 2.75. The molecule has 0 aliphatic carbocycles. The summed E-state index contributed by atoms with van der Waals surface area (Å²) in [6, 6.07) is 8.95. The van der Waals surface area contributed by atoms with Gasteiger partial charge in [0.1, 0.15) is 5.75 Å². The number of benzene rings is 2. The Morgan fingerprint density at radius 1 is 1.17 bits per heavy atom. The van der Waals surface area contributed by atoms with Gasteiger partial charge in [-0.1, -0.05) is 0 Å². The zero-order chi connectivity index (χ0) is 22.1. The Balaban J connectivity index is 1.82. The minimum Gasteiger partial charge on any atom is -0.479 e. The Hall–Kier alpha value is -2.88. The average Bonchev–Trinajstić information content (AvgIpc) is 2.70. The van der Waals surface area contributed by atoms with Gasteiger partial charge >= 0.3 is 18.2 Å². The van der Waals surface area contributed by atoms with Gasteiger partial charge in [0.05, 0.1) is 28.4 Å². The zero-order valence-electron chi connectivity index (χ0n) is 16.4. The highest BCUT2D eigenvalue weighted by molar-refractivity contribution is 8.01. The van der Waals surface area contributed by atoms with Gasteiger partial charge in [0.2, 0.25) is 0 Å². The summed E-state index contributed by atoms with van der Waals surface area (Å²) in [5.41, 5.74) is 0.0976. The summed E-state index contributed by atoms with van der Waals surface area (Å²) >= 11 is 1.09. The molecule has 2 aromatic carbocycles. The Bertz CT molecular complexity index is 950. The molecule has 0 radical (unpaired) electrons. The van der Waals surface area contributed by atoms with Crippen LogP contribution in [0.4, 0.5) is 29.3 Å². The average molecular weight is 440 g/mol. The zero-order valence-corrected chi connectivity index (χ0v) is 17.2. The highest BCUT2D eigenvalue weighted by Crippen LogP contribution is 2.43. The van der Waals surface area contributed by atoms with Gasteiger partial charge in [-0.05, 0) is 62.2 Å². The third-order valence-electron chi connectivity index (χ3n) is 4.30. The summed E-state index contributed by atoms with van der Waals surface area (Å²) in [6.45, 7) is 3.50. The largest absolute Gasteiger partial charge is 0.479 e. The van der Waals surface area contributed by atoms with Crippen molar-refractivity contribution in [3.63, 3.8) is 0 Å². The maximum Gasteiger partial charge on any atom is 0.416 e. The second-order valence-corrected chi connectivity index (χ2v) is 7.40. The van der Waals surface area contributed by atoms with E-state index in [9.17, 15) is 22.8 Å². The van der Waals surface area contributed by atoms with Crippen LogP contribution in [-0.4, -0.2) is 31.8 Å². The minimum absolute atomic E-state index is 0.240. The number of ether oxygens (including phenoxy) is 2. The lowest BCUT2D eigenvalue weighted by atomic mass is 10.2. The summed E-state index contributed by atoms with van der Waals surface area (Å²) in [4.78, 5) is 26.6. The van der Waals surface area contributed by atoms with E-state index in [1.807, 2.05) is 0 Å². The molecule has 0 fully saturated rings. The van der Waals surface area contributed by atoms with Gasteiger partial charge in [-0.2, -0.15) is 13.2 Å². The Kier molecular flexibility index (Phi) is 6.16. The van der Waals surface area contributed by atoms with E-state index in [0.29, 0.717) is 22.0 Å². The number of nitrogens with zero attached hydrogens (tertiary/aromatic N) is 2. The van der Waals surface area contributed by atoms with Crippen molar-refractivity contribution in [2.45, 2.75) is 31.0 Å². The van der Waals surface area contributed by atoms with Crippen molar-refractivity contribution in [3.05, 3.63) is 48.0 Å². The molecule has 10 heteroatoms. The summed E-state index contributed by atoms with van der Waals surface area (Å²) < 4.78 is 50.2. The topological polar surface area (TPSA) is 59.1 Å². The Morgan fingerprint density at radius 3 is 2.43 bits per heavy atom. The number of hydrogen-bond donors (Lipinski definition) is 0. The summed E-state index contributed by atoms with van der Waals surface area (Å²) in [5, 5.41) is 0. The number of hydrogen-bond acceptors (Lipinski definition) is 5. The number of carbonyl (C=O) groups excluding carboxylic acids is 2. The molecule has 1 aliphatic rings. The van der Waals surface area contributed by atoms with E-state index in [1.54, 1.807) is 39.1 Å². The van der Waals surface area contributed by atoms with E-state index in [4.69, 9.17) is 9.47 Å². The van der Waals surface area contributed by atoms with Gasteiger partial charge in [0.25, 0.3) is 0 Å². The lowest BCUT2D eigenvalue weighted by molar-refractivity contribution is -0.150. The van der Waals surface area contributed by atoms with Crippen LogP contribution in [-0.2, 0) is 15.7 Å². The molecule has 0 bridgehead atoms. The lowest BCUT2D eigenvalue weighted by Gasteiger charge is -2.34. The van der Waals surface area contributed by atoms with Crippen molar-refractivity contribution in [2.75, 3.05) is 22.9 Å². The van der Waals surface area contributed by atoms with Crippen LogP contribution in [0.3, 0.4) is 0 Å². The van der Waals surface area contributed by atoms with E-state index in [-0.39, 0.29) is 6.61 Å². The van der Waals surface area contributed by atoms with E-state index in [0.717, 1.165) is 24.1 Å². The molecule has 6 nitrogen and oxygen atoms in total. The van der Waals surface area contributed by atoms with Crippen molar-refractivity contribution in [1.29, 1.82) is 0 Å². The number of halogens is 3. The molecule has 1 heterocycles. The second kappa shape index (κ2) is 8.47. The van der Waals surface area contributed by atoms with Crippen LogP contribution in [0.1, 0.15) is 19.4 Å². The van der Waals surface area contributed by atoms with Gasteiger partial charge in [-0.25, -0.2) is 13.9 Å². The van der Waals surface area contributed by atoms with Crippen molar-refractivity contribution >= 4 is 35.3 Å². The van der Waals surface area contributed by atoms with Crippen LogP contribution in [0.25, 0.3) is 0 Å². The lowest BCUT2D eigenvalue weighted by Crippen LogP contribution is -2.40. The fourth-order valence-corrected chi connectivity index (χ4v) is 3.79. The van der Waals surface area contributed by atoms with E-state index >= 15 is 0 Å². The molecule has 0 saturated carbocycles. The van der Waals surface area contributed by atoms with Crippen LogP contribution in [0.5, 0.6) is 5.75 Å². The van der Waals surface area contributed by atoms with Crippen LogP contribution in [0.2, 0.25) is 0 Å². The minimum atomic E-state index is -4.45. The predicted molar refractivity (Wildman–Crippen MR) is 107 cm³/mol. The van der Waals surface area contributed by atoms with Crippen LogP contribution in [0.15, 0.2) is 47.4 Å². The first-order valence-electron chi connectivity index (χ1n) is 9.02. The smallest absolute Gasteiger partial charge is 0.416 e.